The summed E-state index contributed by atoms with van der Waals surface area (Å²) < 4.78 is 15.2. The second kappa shape index (κ2) is 5.75. The molecule has 0 aliphatic carbocycles. The highest BCUT2D eigenvalue weighted by molar-refractivity contribution is 7.85. The lowest BCUT2D eigenvalue weighted by Gasteiger charge is -2.12. The zero-order valence-electron chi connectivity index (χ0n) is 10.7. The Balaban J connectivity index is 4.07. The minimum atomic E-state index is -1.13. The molecule has 1 unspecified atom stereocenters. The van der Waals surface area contributed by atoms with E-state index in [2.05, 4.69) is 30.1 Å². The molecular formula is C11H23NOSSi. The smallest absolute Gasteiger partial charge is 0.144 e. The molecule has 15 heavy (non-hydrogen) atoms. The molecule has 1 atom stereocenters. The number of hydrogen-bond acceptors (Lipinski definition) is 1. The Morgan fingerprint density at radius 3 is 2.20 bits per heavy atom. The third kappa shape index (κ3) is 8.75. The molecule has 0 amide bonds. The molecule has 0 radical (unpaired) electrons. The van der Waals surface area contributed by atoms with Crippen molar-refractivity contribution in [3.8, 4) is 0 Å². The average Bonchev–Trinajstić information content (AvgIpc) is 1.99. The van der Waals surface area contributed by atoms with E-state index >= 15 is 0 Å². The summed E-state index contributed by atoms with van der Waals surface area (Å²) in [4.78, 5) is 0. The fraction of sp³-hybridized carbons (Fsp3) is 0.727. The number of rotatable bonds is 4. The van der Waals surface area contributed by atoms with Gasteiger partial charge < -0.3 is 0 Å². The van der Waals surface area contributed by atoms with Crippen molar-refractivity contribution in [2.75, 3.05) is 0 Å². The van der Waals surface area contributed by atoms with E-state index in [1.165, 1.54) is 0 Å². The normalized spacial score (nSPS) is 16.4. The maximum atomic E-state index is 11.5. The summed E-state index contributed by atoms with van der Waals surface area (Å²) in [6.45, 7) is 12.7. The minimum Gasteiger partial charge on any atom is -0.234 e. The van der Waals surface area contributed by atoms with Gasteiger partial charge in [-0.2, -0.15) is 4.40 Å². The summed E-state index contributed by atoms with van der Waals surface area (Å²) in [5.74, 6) is 0. The molecule has 0 aromatic heterocycles. The lowest BCUT2D eigenvalue weighted by Crippen LogP contribution is -2.19. The summed E-state index contributed by atoms with van der Waals surface area (Å²) >= 11 is 0. The second-order valence-electron chi connectivity index (χ2n) is 5.81. The van der Waals surface area contributed by atoms with Crippen molar-refractivity contribution in [2.24, 2.45) is 4.40 Å². The Morgan fingerprint density at radius 2 is 1.80 bits per heavy atom. The largest absolute Gasteiger partial charge is 0.234 e. The van der Waals surface area contributed by atoms with E-state index in [4.69, 9.17) is 0 Å². The van der Waals surface area contributed by atoms with Crippen LogP contribution in [0.15, 0.2) is 16.5 Å². The predicted molar refractivity (Wildman–Crippen MR) is 73.7 cm³/mol. The molecule has 0 aliphatic rings. The maximum Gasteiger partial charge on any atom is 0.144 e. The van der Waals surface area contributed by atoms with Crippen LogP contribution in [-0.2, 0) is 11.0 Å². The fourth-order valence-corrected chi connectivity index (χ4v) is 2.07. The standard InChI is InChI=1S/C11H23NOSSi/c1-11(2,3)14(13)12-9-7-8-10-15(4,5)6/h7-9H,10H2,1-6H3/b8-7+,12-9+. The summed E-state index contributed by atoms with van der Waals surface area (Å²) in [5, 5.41) is 0. The Labute approximate surface area is 97.5 Å². The van der Waals surface area contributed by atoms with Gasteiger partial charge in [0.25, 0.3) is 0 Å². The predicted octanol–water partition coefficient (Wildman–Crippen LogP) is 3.41. The molecule has 0 bridgehead atoms. The summed E-state index contributed by atoms with van der Waals surface area (Å²) in [5.41, 5.74) is 0. The van der Waals surface area contributed by atoms with Gasteiger partial charge in [0, 0.05) is 14.3 Å². The Hall–Kier alpha value is -0.223. The first-order valence-corrected chi connectivity index (χ1v) is 10.1. The van der Waals surface area contributed by atoms with Crippen molar-refractivity contribution < 1.29 is 4.21 Å². The van der Waals surface area contributed by atoms with Gasteiger partial charge in [0.1, 0.15) is 11.0 Å². The SMILES string of the molecule is CC(C)(C)S(=O)/N=C/C=C/C[Si](C)(C)C. The molecule has 0 saturated carbocycles. The van der Waals surface area contributed by atoms with Crippen LogP contribution in [0.4, 0.5) is 0 Å². The molecule has 0 fully saturated rings. The molecule has 4 heteroatoms. The van der Waals surface area contributed by atoms with Gasteiger partial charge in [0.2, 0.25) is 0 Å². The minimum absolute atomic E-state index is 0.261. The Bertz CT molecular complexity index is 271. The third-order valence-electron chi connectivity index (χ3n) is 1.63. The topological polar surface area (TPSA) is 29.4 Å². The van der Waals surface area contributed by atoms with Crippen LogP contribution in [0.3, 0.4) is 0 Å². The number of allylic oxidation sites excluding steroid dienone is 2. The zero-order chi connectivity index (χ0) is 12.1. The number of nitrogens with zero attached hydrogens (tertiary/aromatic N) is 1. The van der Waals surface area contributed by atoms with Crippen molar-refractivity contribution in [2.45, 2.75) is 51.2 Å². The van der Waals surface area contributed by atoms with Gasteiger partial charge in [-0.05, 0) is 32.9 Å². The van der Waals surface area contributed by atoms with Gasteiger partial charge >= 0.3 is 0 Å². The van der Waals surface area contributed by atoms with Crippen LogP contribution in [0.5, 0.6) is 0 Å². The summed E-state index contributed by atoms with van der Waals surface area (Å²) in [7, 11) is -2.13. The van der Waals surface area contributed by atoms with E-state index < -0.39 is 19.1 Å². The molecule has 0 aromatic rings. The lowest BCUT2D eigenvalue weighted by atomic mass is 10.3. The highest BCUT2D eigenvalue weighted by atomic mass is 32.2. The Morgan fingerprint density at radius 1 is 1.27 bits per heavy atom. The van der Waals surface area contributed by atoms with Gasteiger partial charge in [0.05, 0.1) is 4.75 Å². The van der Waals surface area contributed by atoms with Crippen LogP contribution >= 0.6 is 0 Å². The second-order valence-corrected chi connectivity index (χ2v) is 13.3. The molecule has 0 aliphatic heterocycles. The molecule has 0 saturated heterocycles. The summed E-state index contributed by atoms with van der Waals surface area (Å²) in [6.07, 6.45) is 5.68. The van der Waals surface area contributed by atoms with Crippen LogP contribution in [-0.4, -0.2) is 23.2 Å². The van der Waals surface area contributed by atoms with Gasteiger partial charge in [-0.25, -0.2) is 4.21 Å². The fourth-order valence-electron chi connectivity index (χ4n) is 0.731. The van der Waals surface area contributed by atoms with Crippen LogP contribution in [0.1, 0.15) is 20.8 Å². The Kier molecular flexibility index (Phi) is 5.66. The lowest BCUT2D eigenvalue weighted by molar-refractivity contribution is 0.651. The first-order valence-electron chi connectivity index (χ1n) is 5.24. The zero-order valence-corrected chi connectivity index (χ0v) is 12.5. The number of hydrogen-bond donors (Lipinski definition) is 0. The van der Waals surface area contributed by atoms with Crippen molar-refractivity contribution in [1.29, 1.82) is 0 Å². The molecule has 0 N–H and O–H groups in total. The van der Waals surface area contributed by atoms with Crippen LogP contribution < -0.4 is 0 Å². The van der Waals surface area contributed by atoms with E-state index in [0.29, 0.717) is 0 Å². The van der Waals surface area contributed by atoms with Crippen molar-refractivity contribution in [3.05, 3.63) is 12.2 Å². The van der Waals surface area contributed by atoms with E-state index in [1.807, 2.05) is 26.8 Å². The molecule has 0 aromatic carbocycles. The molecule has 0 rings (SSSR count). The first kappa shape index (κ1) is 14.8. The van der Waals surface area contributed by atoms with Crippen LogP contribution in [0.2, 0.25) is 25.7 Å². The van der Waals surface area contributed by atoms with E-state index in [9.17, 15) is 4.21 Å². The average molecular weight is 245 g/mol. The van der Waals surface area contributed by atoms with Gasteiger partial charge in [-0.1, -0.05) is 25.7 Å². The molecule has 0 spiro atoms. The molecule has 0 heterocycles. The van der Waals surface area contributed by atoms with Crippen molar-refractivity contribution in [3.63, 3.8) is 0 Å². The van der Waals surface area contributed by atoms with Crippen molar-refractivity contribution in [1.82, 2.24) is 0 Å². The van der Waals surface area contributed by atoms with Gasteiger partial charge in [-0.3, -0.25) is 0 Å². The molecular weight excluding hydrogens is 222 g/mol. The van der Waals surface area contributed by atoms with Crippen LogP contribution in [0.25, 0.3) is 0 Å². The third-order valence-corrected chi connectivity index (χ3v) is 4.45. The van der Waals surface area contributed by atoms with Crippen molar-refractivity contribution >= 4 is 25.3 Å². The molecule has 2 nitrogen and oxygen atoms in total. The maximum absolute atomic E-state index is 11.5. The monoisotopic (exact) mass is 245 g/mol. The van der Waals surface area contributed by atoms with Gasteiger partial charge in [-0.15, -0.1) is 0 Å². The molecule has 88 valence electrons. The van der Waals surface area contributed by atoms with Gasteiger partial charge in [0.15, 0.2) is 0 Å². The highest BCUT2D eigenvalue weighted by Gasteiger charge is 2.17. The highest BCUT2D eigenvalue weighted by Crippen LogP contribution is 2.11. The quantitative estimate of drug-likeness (QED) is 0.551. The van der Waals surface area contributed by atoms with E-state index in [1.54, 1.807) is 6.21 Å². The van der Waals surface area contributed by atoms with E-state index in [-0.39, 0.29) is 4.75 Å². The van der Waals surface area contributed by atoms with E-state index in [0.717, 1.165) is 6.04 Å². The summed E-state index contributed by atoms with van der Waals surface area (Å²) in [6, 6.07) is 1.14. The first-order chi connectivity index (χ1) is 6.63. The van der Waals surface area contributed by atoms with Crippen LogP contribution in [0, 0.1) is 0 Å².